The molecule has 0 fully saturated rings. The van der Waals surface area contributed by atoms with Gasteiger partial charge in [-0.05, 0) is 17.0 Å². The summed E-state index contributed by atoms with van der Waals surface area (Å²) in [6, 6.07) is 33.4. The van der Waals surface area contributed by atoms with Gasteiger partial charge in [0.2, 0.25) is 6.23 Å². The van der Waals surface area contributed by atoms with Crippen molar-refractivity contribution in [2.24, 2.45) is 0 Å². The number of likely N-dealkylation sites (N-methyl/N-ethyl adjacent to an activating group) is 1. The second-order valence-electron chi connectivity index (χ2n) is 9.39. The molecule has 0 aliphatic heterocycles. The van der Waals surface area contributed by atoms with Gasteiger partial charge in [-0.3, -0.25) is 13.6 Å². The molecule has 1 N–H and O–H groups in total. The number of hydrogen-bond donors (Lipinski definition) is 1. The zero-order valence-corrected chi connectivity index (χ0v) is 21.5. The van der Waals surface area contributed by atoms with E-state index in [1.54, 1.807) is 0 Å². The smallest absolute Gasteiger partial charge is 0.269 e. The van der Waals surface area contributed by atoms with Gasteiger partial charge in [0.15, 0.2) is 0 Å². The second-order valence-corrected chi connectivity index (χ2v) is 10.5. The predicted molar refractivity (Wildman–Crippen MR) is 140 cm³/mol. The van der Waals surface area contributed by atoms with E-state index in [2.05, 4.69) is 12.1 Å². The number of phosphoric acid groups is 1. The van der Waals surface area contributed by atoms with E-state index >= 15 is 0 Å². The highest BCUT2D eigenvalue weighted by molar-refractivity contribution is 7.44. The van der Waals surface area contributed by atoms with Crippen LogP contribution in [0.3, 0.4) is 0 Å². The molecule has 0 aliphatic carbocycles. The van der Waals surface area contributed by atoms with Gasteiger partial charge in [0.1, 0.15) is 11.8 Å². The van der Waals surface area contributed by atoms with Crippen molar-refractivity contribution in [3.05, 3.63) is 114 Å². The van der Waals surface area contributed by atoms with Gasteiger partial charge in [0.05, 0.1) is 27.1 Å². The number of fused-ring (bicyclic) bond motifs is 1. The van der Waals surface area contributed by atoms with Gasteiger partial charge in [-0.2, -0.15) is 0 Å². The summed E-state index contributed by atoms with van der Waals surface area (Å²) in [6.07, 6.45) is 0.0703. The van der Waals surface area contributed by atoms with E-state index in [-0.39, 0.29) is 10.5 Å². The van der Waals surface area contributed by atoms with E-state index in [0.717, 1.165) is 27.6 Å². The fourth-order valence-electron chi connectivity index (χ4n) is 4.73. The average molecular weight is 506 g/mol. The molecule has 6 nitrogen and oxygen atoms in total. The summed E-state index contributed by atoms with van der Waals surface area (Å²) in [5.74, 6) is 0.807. The van der Waals surface area contributed by atoms with Crippen LogP contribution in [0.4, 0.5) is 0 Å². The highest BCUT2D eigenvalue weighted by atomic mass is 31.2. The minimum atomic E-state index is -4.98. The lowest BCUT2D eigenvalue weighted by molar-refractivity contribution is -0.962. The molecule has 4 rings (SSSR count). The van der Waals surface area contributed by atoms with Crippen molar-refractivity contribution in [1.29, 1.82) is 0 Å². The molecule has 0 saturated heterocycles. The normalized spacial score (nSPS) is 15.2. The summed E-state index contributed by atoms with van der Waals surface area (Å²) in [7, 11) is -1.13. The van der Waals surface area contributed by atoms with Crippen molar-refractivity contribution in [1.82, 2.24) is 0 Å². The Balaban J connectivity index is 1.61. The van der Waals surface area contributed by atoms with Crippen molar-refractivity contribution in [3.63, 3.8) is 0 Å². The van der Waals surface area contributed by atoms with Crippen molar-refractivity contribution in [3.8, 4) is 5.75 Å². The molecule has 0 radical (unpaired) electrons. The standard InChI is InChI=1S/C29H32NO5P/c1-30(2,29(35-36(31,32)33)22-23-12-5-3-6-13-23)27(25-15-7-4-8-16-25)20-21-34-28-19-11-17-24-14-9-10-18-26(24)28/h3-19,27,29H,20-22H2,1-2H3,(H-,31,32,33)/t27?,29-/m0/s1. The lowest BCUT2D eigenvalue weighted by Crippen LogP contribution is -2.53. The van der Waals surface area contributed by atoms with Gasteiger partial charge in [-0.15, -0.1) is 0 Å². The molecule has 0 bridgehead atoms. The van der Waals surface area contributed by atoms with Gasteiger partial charge in [0.25, 0.3) is 7.82 Å². The topological polar surface area (TPSA) is 78.8 Å². The SMILES string of the molecule is C[N+](C)(C(CCOc1cccc2ccccc12)c1ccccc1)[C@H](Cc1ccccc1)OP(=O)([O-])O. The lowest BCUT2D eigenvalue weighted by atomic mass is 9.98. The van der Waals surface area contributed by atoms with E-state index in [1.165, 1.54) is 0 Å². The second kappa shape index (κ2) is 11.4. The highest BCUT2D eigenvalue weighted by Gasteiger charge is 2.40. The van der Waals surface area contributed by atoms with Gasteiger partial charge in [-0.1, -0.05) is 97.1 Å². The molecule has 7 heteroatoms. The molecule has 0 spiro atoms. The first-order valence-corrected chi connectivity index (χ1v) is 13.5. The molecule has 0 heterocycles. The third-order valence-electron chi connectivity index (χ3n) is 6.64. The molecule has 36 heavy (non-hydrogen) atoms. The molecule has 188 valence electrons. The maximum absolute atomic E-state index is 11.9. The zero-order chi connectivity index (χ0) is 25.6. The molecule has 3 atom stereocenters. The minimum Gasteiger partial charge on any atom is -0.756 e. The summed E-state index contributed by atoms with van der Waals surface area (Å²) in [4.78, 5) is 21.5. The molecule has 4 aromatic carbocycles. The lowest BCUT2D eigenvalue weighted by Gasteiger charge is -2.45. The van der Waals surface area contributed by atoms with E-state index in [0.29, 0.717) is 19.4 Å². The van der Waals surface area contributed by atoms with Crippen LogP contribution in [0.5, 0.6) is 5.75 Å². The van der Waals surface area contributed by atoms with Crippen LogP contribution in [0, 0.1) is 0 Å². The molecular weight excluding hydrogens is 473 g/mol. The number of rotatable bonds is 11. The van der Waals surface area contributed by atoms with Crippen LogP contribution in [-0.4, -0.2) is 36.3 Å². The summed E-state index contributed by atoms with van der Waals surface area (Å²) in [6.45, 7) is 0.418. The van der Waals surface area contributed by atoms with Crippen LogP contribution in [0.25, 0.3) is 10.8 Å². The van der Waals surface area contributed by atoms with Crippen LogP contribution in [0.1, 0.15) is 23.6 Å². The van der Waals surface area contributed by atoms with Crippen LogP contribution in [-0.2, 0) is 15.5 Å². The van der Waals surface area contributed by atoms with E-state index < -0.39 is 14.1 Å². The van der Waals surface area contributed by atoms with Gasteiger partial charge in [0, 0.05) is 17.4 Å². The van der Waals surface area contributed by atoms with E-state index in [4.69, 9.17) is 9.26 Å². The van der Waals surface area contributed by atoms with E-state index in [9.17, 15) is 14.4 Å². The first-order valence-electron chi connectivity index (χ1n) is 12.0. The van der Waals surface area contributed by atoms with Crippen molar-refractivity contribution >= 4 is 18.6 Å². The van der Waals surface area contributed by atoms with Crippen LogP contribution >= 0.6 is 7.82 Å². The Morgan fingerprint density at radius 2 is 1.47 bits per heavy atom. The Bertz CT molecular complexity index is 1300. The Morgan fingerprint density at radius 1 is 0.861 bits per heavy atom. The van der Waals surface area contributed by atoms with Gasteiger partial charge >= 0.3 is 0 Å². The summed E-state index contributed by atoms with van der Waals surface area (Å²) in [5.41, 5.74) is 1.95. The van der Waals surface area contributed by atoms with E-state index in [1.807, 2.05) is 105 Å². The largest absolute Gasteiger partial charge is 0.756 e. The molecular formula is C29H32NO5P. The number of benzene rings is 4. The number of ether oxygens (including phenoxy) is 1. The van der Waals surface area contributed by atoms with Crippen LogP contribution in [0.2, 0.25) is 0 Å². The molecule has 0 amide bonds. The summed E-state index contributed by atoms with van der Waals surface area (Å²) >= 11 is 0. The quantitative estimate of drug-likeness (QED) is 0.166. The minimum absolute atomic E-state index is 0.165. The molecule has 4 aromatic rings. The Kier molecular flexibility index (Phi) is 8.24. The average Bonchev–Trinajstić information content (AvgIpc) is 2.86. The summed E-state index contributed by atoms with van der Waals surface area (Å²) in [5, 5.41) is 2.15. The summed E-state index contributed by atoms with van der Waals surface area (Å²) < 4.78 is 23.6. The van der Waals surface area contributed by atoms with Crippen molar-refractivity contribution in [2.45, 2.75) is 25.1 Å². The monoisotopic (exact) mass is 505 g/mol. The number of quaternary nitrogens is 1. The fourth-order valence-corrected chi connectivity index (χ4v) is 5.35. The van der Waals surface area contributed by atoms with Crippen LogP contribution in [0.15, 0.2) is 103 Å². The molecule has 2 unspecified atom stereocenters. The van der Waals surface area contributed by atoms with Crippen LogP contribution < -0.4 is 9.63 Å². The van der Waals surface area contributed by atoms with Crippen molar-refractivity contribution in [2.75, 3.05) is 20.7 Å². The predicted octanol–water partition coefficient (Wildman–Crippen LogP) is 5.47. The first kappa shape index (κ1) is 26.1. The number of phosphoric ester groups is 1. The highest BCUT2D eigenvalue weighted by Crippen LogP contribution is 2.40. The maximum Gasteiger partial charge on any atom is 0.269 e. The third kappa shape index (κ3) is 6.61. The third-order valence-corrected chi connectivity index (χ3v) is 7.15. The molecule has 0 saturated carbocycles. The molecule has 0 aromatic heterocycles. The Hall–Kier alpha value is -2.99. The van der Waals surface area contributed by atoms with Crippen molar-refractivity contribution < 1.29 is 28.1 Å². The number of hydrogen-bond acceptors (Lipinski definition) is 4. The maximum atomic E-state index is 11.9. The zero-order valence-electron chi connectivity index (χ0n) is 20.6. The number of nitrogens with zero attached hydrogens (tertiary/aromatic N) is 1. The first-order chi connectivity index (χ1) is 17.2. The Labute approximate surface area is 212 Å². The molecule has 0 aliphatic rings. The fraction of sp³-hybridized carbons (Fsp3) is 0.241. The van der Waals surface area contributed by atoms with Gasteiger partial charge in [-0.25, -0.2) is 0 Å². The Morgan fingerprint density at radius 3 is 2.17 bits per heavy atom. The van der Waals surface area contributed by atoms with Gasteiger partial charge < -0.3 is 14.5 Å².